The fourth-order valence-electron chi connectivity index (χ4n) is 5.58. The van der Waals surface area contributed by atoms with Crippen molar-refractivity contribution >= 4 is 5.78 Å². The molecule has 0 spiro atoms. The van der Waals surface area contributed by atoms with Gasteiger partial charge in [-0.3, -0.25) is 4.79 Å². The van der Waals surface area contributed by atoms with E-state index in [1.807, 2.05) is 0 Å². The number of ketones is 1. The standard InChI is InChI=1S/C13H18O/c14-7-4-10-11(5-7)13-6-12(10)8-2-1-3-9(8)13/h8-13H,1-6H2. The minimum absolute atomic E-state index is 0.578. The van der Waals surface area contributed by atoms with Crippen LogP contribution in [0, 0.1) is 35.5 Å². The van der Waals surface area contributed by atoms with Gasteiger partial charge >= 0.3 is 0 Å². The van der Waals surface area contributed by atoms with Gasteiger partial charge in [0.25, 0.3) is 0 Å². The summed E-state index contributed by atoms with van der Waals surface area (Å²) in [7, 11) is 0. The van der Waals surface area contributed by atoms with Gasteiger partial charge in [-0.25, -0.2) is 0 Å². The maximum Gasteiger partial charge on any atom is 0.133 e. The topological polar surface area (TPSA) is 17.1 Å². The summed E-state index contributed by atoms with van der Waals surface area (Å²) in [6, 6.07) is 0. The molecule has 0 saturated heterocycles. The first kappa shape index (κ1) is 7.90. The molecule has 4 aliphatic carbocycles. The number of hydrogen-bond donors (Lipinski definition) is 0. The second-order valence-electron chi connectivity index (χ2n) is 6.10. The van der Waals surface area contributed by atoms with Crippen LogP contribution in [-0.2, 0) is 4.79 Å². The summed E-state index contributed by atoms with van der Waals surface area (Å²) >= 11 is 0. The molecule has 4 fully saturated rings. The Bertz CT molecular complexity index is 270. The van der Waals surface area contributed by atoms with Crippen LogP contribution in [0.25, 0.3) is 0 Å². The Morgan fingerprint density at radius 1 is 0.786 bits per heavy atom. The van der Waals surface area contributed by atoms with Crippen molar-refractivity contribution in [2.45, 2.75) is 38.5 Å². The highest BCUT2D eigenvalue weighted by Gasteiger charge is 2.60. The smallest absolute Gasteiger partial charge is 0.133 e. The maximum absolute atomic E-state index is 11.5. The molecule has 0 aliphatic heterocycles. The number of rotatable bonds is 0. The van der Waals surface area contributed by atoms with Crippen LogP contribution in [0.4, 0.5) is 0 Å². The van der Waals surface area contributed by atoms with Crippen LogP contribution in [0.15, 0.2) is 0 Å². The highest BCUT2D eigenvalue weighted by Crippen LogP contribution is 2.66. The lowest BCUT2D eigenvalue weighted by Gasteiger charge is -2.33. The van der Waals surface area contributed by atoms with Crippen molar-refractivity contribution in [3.05, 3.63) is 0 Å². The summed E-state index contributed by atoms with van der Waals surface area (Å²) in [5, 5.41) is 0. The lowest BCUT2D eigenvalue weighted by molar-refractivity contribution is -0.118. The Morgan fingerprint density at radius 2 is 1.36 bits per heavy atom. The van der Waals surface area contributed by atoms with E-state index in [0.29, 0.717) is 5.78 Å². The second-order valence-corrected chi connectivity index (χ2v) is 6.10. The van der Waals surface area contributed by atoms with Crippen LogP contribution in [0.5, 0.6) is 0 Å². The van der Waals surface area contributed by atoms with Crippen LogP contribution < -0.4 is 0 Å². The molecule has 0 radical (unpaired) electrons. The fourth-order valence-corrected chi connectivity index (χ4v) is 5.58. The molecule has 4 aliphatic rings. The largest absolute Gasteiger partial charge is 0.300 e. The SMILES string of the molecule is O=C1CC2C(C1)C1CC2C2CCCC21. The number of Topliss-reactive ketones (excluding diaryl/α,β-unsaturated/α-hetero) is 1. The molecule has 0 N–H and O–H groups in total. The summed E-state index contributed by atoms with van der Waals surface area (Å²) in [5.74, 6) is 6.31. The Morgan fingerprint density at radius 3 is 1.93 bits per heavy atom. The molecule has 76 valence electrons. The van der Waals surface area contributed by atoms with Crippen molar-refractivity contribution in [3.63, 3.8) is 0 Å². The molecular formula is C13H18O. The Hall–Kier alpha value is -0.330. The Labute approximate surface area is 85.3 Å². The van der Waals surface area contributed by atoms with E-state index in [-0.39, 0.29) is 0 Å². The van der Waals surface area contributed by atoms with Crippen molar-refractivity contribution < 1.29 is 4.79 Å². The molecule has 0 amide bonds. The van der Waals surface area contributed by atoms with Gasteiger partial charge < -0.3 is 0 Å². The zero-order chi connectivity index (χ0) is 9.28. The summed E-state index contributed by atoms with van der Waals surface area (Å²) < 4.78 is 0. The normalized spacial score (nSPS) is 59.3. The predicted octanol–water partition coefficient (Wildman–Crippen LogP) is 2.65. The predicted molar refractivity (Wildman–Crippen MR) is 53.6 cm³/mol. The van der Waals surface area contributed by atoms with Gasteiger partial charge in [0.15, 0.2) is 0 Å². The average molecular weight is 190 g/mol. The van der Waals surface area contributed by atoms with Gasteiger partial charge in [0.1, 0.15) is 5.78 Å². The first-order valence-corrected chi connectivity index (χ1v) is 6.36. The van der Waals surface area contributed by atoms with Crippen molar-refractivity contribution in [1.29, 1.82) is 0 Å². The molecule has 0 aromatic heterocycles. The highest BCUT2D eigenvalue weighted by atomic mass is 16.1. The molecule has 6 unspecified atom stereocenters. The third kappa shape index (κ3) is 0.765. The van der Waals surface area contributed by atoms with E-state index in [1.165, 1.54) is 25.7 Å². The first-order valence-electron chi connectivity index (χ1n) is 6.36. The number of hydrogen-bond acceptors (Lipinski definition) is 1. The maximum atomic E-state index is 11.5. The third-order valence-corrected chi connectivity index (χ3v) is 5.85. The summed E-state index contributed by atoms with van der Waals surface area (Å²) in [6.45, 7) is 0. The Balaban J connectivity index is 1.71. The quantitative estimate of drug-likeness (QED) is 0.574. The van der Waals surface area contributed by atoms with E-state index < -0.39 is 0 Å². The molecule has 6 atom stereocenters. The molecule has 4 saturated carbocycles. The van der Waals surface area contributed by atoms with Gasteiger partial charge in [0.2, 0.25) is 0 Å². The van der Waals surface area contributed by atoms with E-state index in [9.17, 15) is 4.79 Å². The van der Waals surface area contributed by atoms with Crippen LogP contribution in [0.1, 0.15) is 38.5 Å². The monoisotopic (exact) mass is 190 g/mol. The third-order valence-electron chi connectivity index (χ3n) is 5.85. The van der Waals surface area contributed by atoms with E-state index >= 15 is 0 Å². The van der Waals surface area contributed by atoms with Crippen molar-refractivity contribution in [2.75, 3.05) is 0 Å². The van der Waals surface area contributed by atoms with Crippen molar-refractivity contribution in [3.8, 4) is 0 Å². The molecule has 1 heteroatoms. The minimum atomic E-state index is 0.578. The molecule has 4 rings (SSSR count). The highest BCUT2D eigenvalue weighted by molar-refractivity contribution is 5.81. The fraction of sp³-hybridized carbons (Fsp3) is 0.923. The van der Waals surface area contributed by atoms with Crippen LogP contribution >= 0.6 is 0 Å². The minimum Gasteiger partial charge on any atom is -0.300 e. The second kappa shape index (κ2) is 2.43. The van der Waals surface area contributed by atoms with Gasteiger partial charge in [0.05, 0.1) is 0 Å². The van der Waals surface area contributed by atoms with Gasteiger partial charge in [-0.15, -0.1) is 0 Å². The van der Waals surface area contributed by atoms with E-state index in [4.69, 9.17) is 0 Å². The zero-order valence-corrected chi connectivity index (χ0v) is 8.61. The van der Waals surface area contributed by atoms with Gasteiger partial charge in [0, 0.05) is 12.8 Å². The summed E-state index contributed by atoms with van der Waals surface area (Å²) in [5.41, 5.74) is 0. The summed E-state index contributed by atoms with van der Waals surface area (Å²) in [4.78, 5) is 11.5. The molecular weight excluding hydrogens is 172 g/mol. The number of fused-ring (bicyclic) bond motifs is 8. The van der Waals surface area contributed by atoms with Gasteiger partial charge in [-0.1, -0.05) is 6.42 Å². The van der Waals surface area contributed by atoms with Crippen LogP contribution in [0.3, 0.4) is 0 Å². The molecule has 0 heterocycles. The van der Waals surface area contributed by atoms with Crippen LogP contribution in [-0.4, -0.2) is 5.78 Å². The van der Waals surface area contributed by atoms with Crippen LogP contribution in [0.2, 0.25) is 0 Å². The molecule has 14 heavy (non-hydrogen) atoms. The molecule has 1 nitrogen and oxygen atoms in total. The average Bonchev–Trinajstić information content (AvgIpc) is 2.73. The van der Waals surface area contributed by atoms with Gasteiger partial charge in [-0.05, 0) is 54.8 Å². The number of carbonyl (C=O) groups is 1. The summed E-state index contributed by atoms with van der Waals surface area (Å²) in [6.07, 6.45) is 7.87. The number of carbonyl (C=O) groups excluding carboxylic acids is 1. The van der Waals surface area contributed by atoms with Gasteiger partial charge in [-0.2, -0.15) is 0 Å². The zero-order valence-electron chi connectivity index (χ0n) is 8.61. The van der Waals surface area contributed by atoms with E-state index in [1.54, 1.807) is 0 Å². The molecule has 2 bridgehead atoms. The lowest BCUT2D eigenvalue weighted by atomic mass is 9.71. The van der Waals surface area contributed by atoms with Crippen molar-refractivity contribution in [2.24, 2.45) is 35.5 Å². The first-order chi connectivity index (χ1) is 6.84. The van der Waals surface area contributed by atoms with E-state index in [2.05, 4.69) is 0 Å². The van der Waals surface area contributed by atoms with Crippen molar-refractivity contribution in [1.82, 2.24) is 0 Å². The van der Waals surface area contributed by atoms with E-state index in [0.717, 1.165) is 48.3 Å². The Kier molecular flexibility index (Phi) is 1.37. The molecule has 0 aromatic carbocycles. The lowest BCUT2D eigenvalue weighted by Crippen LogP contribution is -2.28. The molecule has 0 aromatic rings.